The van der Waals surface area contributed by atoms with Gasteiger partial charge in [-0.15, -0.1) is 0 Å². The number of aromatic amines is 2. The maximum absolute atomic E-state index is 12.0. The predicted octanol–water partition coefficient (Wildman–Crippen LogP) is 2.50. The van der Waals surface area contributed by atoms with Gasteiger partial charge in [-0.2, -0.15) is 5.10 Å². The number of anilines is 1. The summed E-state index contributed by atoms with van der Waals surface area (Å²) in [6, 6.07) is 11.2. The molecule has 2 aromatic carbocycles. The second kappa shape index (κ2) is 6.82. The Hall–Kier alpha value is -3.23. The van der Waals surface area contributed by atoms with E-state index in [-0.39, 0.29) is 5.56 Å². The zero-order chi connectivity index (χ0) is 19.0. The number of aliphatic hydroxyl groups excluding tert-OH is 1. The van der Waals surface area contributed by atoms with E-state index in [2.05, 4.69) is 25.5 Å². The molecule has 8 heteroatoms. The Morgan fingerprint density at radius 1 is 1.26 bits per heavy atom. The molecule has 0 bridgehead atoms. The number of aliphatic hydroxyl groups is 1. The minimum Gasteiger partial charge on any atom is -0.351 e. The molecular weight excluding hydrogens is 346 g/mol. The Balaban J connectivity index is 1.82. The van der Waals surface area contributed by atoms with Crippen molar-refractivity contribution >= 4 is 27.8 Å². The van der Waals surface area contributed by atoms with Crippen molar-refractivity contribution in [3.63, 3.8) is 0 Å². The van der Waals surface area contributed by atoms with E-state index in [1.54, 1.807) is 13.0 Å². The van der Waals surface area contributed by atoms with Crippen molar-refractivity contribution in [2.75, 3.05) is 11.9 Å². The van der Waals surface area contributed by atoms with Gasteiger partial charge in [0.1, 0.15) is 0 Å². The molecule has 0 radical (unpaired) electrons. The van der Waals surface area contributed by atoms with E-state index < -0.39 is 6.41 Å². The number of ether oxygens (including phenoxy) is 1. The van der Waals surface area contributed by atoms with Crippen LogP contribution in [0.15, 0.2) is 41.2 Å². The number of hydrogen-bond donors (Lipinski definition) is 4. The molecule has 4 N–H and O–H groups in total. The van der Waals surface area contributed by atoms with Gasteiger partial charge in [0.2, 0.25) is 12.4 Å². The highest BCUT2D eigenvalue weighted by Crippen LogP contribution is 2.29. The first-order chi connectivity index (χ1) is 13.1. The van der Waals surface area contributed by atoms with Crippen LogP contribution in [0.3, 0.4) is 0 Å². The van der Waals surface area contributed by atoms with Gasteiger partial charge in [-0.25, -0.2) is 10.1 Å². The van der Waals surface area contributed by atoms with E-state index in [1.807, 2.05) is 37.3 Å². The largest absolute Gasteiger partial charge is 0.351 e. The van der Waals surface area contributed by atoms with Crippen molar-refractivity contribution in [1.82, 2.24) is 20.2 Å². The molecule has 0 spiro atoms. The molecule has 8 nitrogen and oxygen atoms in total. The number of H-pyrrole nitrogens is 2. The molecule has 0 aliphatic heterocycles. The molecule has 0 aliphatic rings. The van der Waals surface area contributed by atoms with Crippen LogP contribution < -0.4 is 10.9 Å². The van der Waals surface area contributed by atoms with E-state index in [4.69, 9.17) is 4.74 Å². The molecule has 0 aliphatic carbocycles. The van der Waals surface area contributed by atoms with Crippen LogP contribution in [0.2, 0.25) is 0 Å². The molecule has 1 unspecified atom stereocenters. The molecule has 2 aromatic heterocycles. The van der Waals surface area contributed by atoms with Crippen LogP contribution in [0.5, 0.6) is 0 Å². The smallest absolute Gasteiger partial charge is 0.272 e. The van der Waals surface area contributed by atoms with Crippen LogP contribution in [-0.2, 0) is 4.74 Å². The summed E-state index contributed by atoms with van der Waals surface area (Å²) in [6.07, 6.45) is -1.14. The fourth-order valence-corrected chi connectivity index (χ4v) is 3.14. The lowest BCUT2D eigenvalue weighted by Gasteiger charge is -2.10. The zero-order valence-electron chi connectivity index (χ0n) is 14.9. The summed E-state index contributed by atoms with van der Waals surface area (Å²) in [5, 5.41) is 20.7. The predicted molar refractivity (Wildman–Crippen MR) is 103 cm³/mol. The standard InChI is InChI=1S/C19H19N5O3/c1-3-27-19(26)22-18-20-14-9-11(8-10(2)15(14)21-18)16-12-6-4-5-7-13(12)17(25)24-23-16/h4-9,19,26H,3H2,1-2H3,(H,24,25)(H2,20,21,22). The lowest BCUT2D eigenvalue weighted by molar-refractivity contribution is -0.0734. The highest BCUT2D eigenvalue weighted by molar-refractivity contribution is 5.96. The number of rotatable bonds is 5. The van der Waals surface area contributed by atoms with Gasteiger partial charge in [-0.1, -0.05) is 18.2 Å². The highest BCUT2D eigenvalue weighted by atomic mass is 16.6. The summed E-state index contributed by atoms with van der Waals surface area (Å²) in [6.45, 7) is 4.13. The van der Waals surface area contributed by atoms with Crippen molar-refractivity contribution in [3.05, 3.63) is 52.3 Å². The molecule has 0 amide bonds. The maximum atomic E-state index is 12.0. The van der Waals surface area contributed by atoms with Crippen LogP contribution in [0, 0.1) is 6.92 Å². The number of imidazole rings is 1. The van der Waals surface area contributed by atoms with Gasteiger partial charge in [0.15, 0.2) is 0 Å². The molecule has 0 fully saturated rings. The van der Waals surface area contributed by atoms with Gasteiger partial charge in [-0.05, 0) is 37.6 Å². The average Bonchev–Trinajstić information content (AvgIpc) is 3.05. The lowest BCUT2D eigenvalue weighted by atomic mass is 10.0. The summed E-state index contributed by atoms with van der Waals surface area (Å²) in [4.78, 5) is 19.6. The monoisotopic (exact) mass is 365 g/mol. The molecule has 1 atom stereocenters. The first-order valence-corrected chi connectivity index (χ1v) is 8.61. The van der Waals surface area contributed by atoms with Gasteiger partial charge in [0.05, 0.1) is 22.1 Å². The molecular formula is C19H19N5O3. The third kappa shape index (κ3) is 3.16. The molecule has 4 rings (SSSR count). The molecule has 2 heterocycles. The second-order valence-electron chi connectivity index (χ2n) is 6.17. The van der Waals surface area contributed by atoms with Crippen molar-refractivity contribution in [3.8, 4) is 11.3 Å². The fraction of sp³-hybridized carbons (Fsp3) is 0.211. The Morgan fingerprint density at radius 2 is 2.04 bits per heavy atom. The van der Waals surface area contributed by atoms with Crippen LogP contribution in [0.4, 0.5) is 5.95 Å². The number of aryl methyl sites for hydroxylation is 1. The third-order valence-corrected chi connectivity index (χ3v) is 4.34. The minimum absolute atomic E-state index is 0.219. The Kier molecular flexibility index (Phi) is 4.35. The average molecular weight is 365 g/mol. The Bertz CT molecular complexity index is 1180. The topological polar surface area (TPSA) is 116 Å². The molecule has 0 saturated heterocycles. The SMILES string of the molecule is CCOC(O)Nc1nc2cc(-c3n[nH]c(=O)c4ccccc34)cc(C)c2[nH]1. The van der Waals surface area contributed by atoms with Crippen LogP contribution >= 0.6 is 0 Å². The summed E-state index contributed by atoms with van der Waals surface area (Å²) >= 11 is 0. The minimum atomic E-state index is -1.14. The Labute approximate surface area is 154 Å². The number of nitrogens with zero attached hydrogens (tertiary/aromatic N) is 2. The number of aromatic nitrogens is 4. The summed E-state index contributed by atoms with van der Waals surface area (Å²) < 4.78 is 5.07. The molecule has 0 saturated carbocycles. The van der Waals surface area contributed by atoms with E-state index >= 15 is 0 Å². The van der Waals surface area contributed by atoms with Crippen LogP contribution in [-0.4, -0.2) is 38.3 Å². The number of fused-ring (bicyclic) bond motifs is 2. The Morgan fingerprint density at radius 3 is 2.81 bits per heavy atom. The van der Waals surface area contributed by atoms with E-state index in [0.29, 0.717) is 29.2 Å². The normalized spacial score (nSPS) is 12.6. The van der Waals surface area contributed by atoms with E-state index in [0.717, 1.165) is 22.0 Å². The van der Waals surface area contributed by atoms with Crippen LogP contribution in [0.25, 0.3) is 33.1 Å². The lowest BCUT2D eigenvalue weighted by Crippen LogP contribution is -2.22. The number of benzene rings is 2. The van der Waals surface area contributed by atoms with Gasteiger partial charge < -0.3 is 20.1 Å². The van der Waals surface area contributed by atoms with Crippen molar-refractivity contribution in [2.45, 2.75) is 20.3 Å². The zero-order valence-corrected chi connectivity index (χ0v) is 14.9. The van der Waals surface area contributed by atoms with Crippen molar-refractivity contribution in [1.29, 1.82) is 0 Å². The van der Waals surface area contributed by atoms with Gasteiger partial charge in [0.25, 0.3) is 5.56 Å². The van der Waals surface area contributed by atoms with E-state index in [9.17, 15) is 9.90 Å². The molecule has 138 valence electrons. The van der Waals surface area contributed by atoms with Crippen molar-refractivity contribution in [2.24, 2.45) is 0 Å². The maximum Gasteiger partial charge on any atom is 0.272 e. The van der Waals surface area contributed by atoms with Crippen molar-refractivity contribution < 1.29 is 9.84 Å². The van der Waals surface area contributed by atoms with Crippen LogP contribution in [0.1, 0.15) is 12.5 Å². The van der Waals surface area contributed by atoms with Gasteiger partial charge in [-0.3, -0.25) is 4.79 Å². The van der Waals surface area contributed by atoms with Gasteiger partial charge in [0, 0.05) is 17.6 Å². The fourth-order valence-electron chi connectivity index (χ4n) is 3.14. The first kappa shape index (κ1) is 17.2. The summed E-state index contributed by atoms with van der Waals surface area (Å²) in [5.41, 5.74) is 3.83. The first-order valence-electron chi connectivity index (χ1n) is 8.61. The third-order valence-electron chi connectivity index (χ3n) is 4.34. The second-order valence-corrected chi connectivity index (χ2v) is 6.17. The number of nitrogens with one attached hydrogen (secondary N) is 3. The van der Waals surface area contributed by atoms with Gasteiger partial charge >= 0.3 is 0 Å². The highest BCUT2D eigenvalue weighted by Gasteiger charge is 2.14. The summed E-state index contributed by atoms with van der Waals surface area (Å²) in [7, 11) is 0. The summed E-state index contributed by atoms with van der Waals surface area (Å²) in [5.74, 6) is 0.408. The quantitative estimate of drug-likeness (QED) is 0.404. The van der Waals surface area contributed by atoms with E-state index in [1.165, 1.54) is 0 Å². The number of hydrogen-bond acceptors (Lipinski definition) is 6. The molecule has 4 aromatic rings. The molecule has 27 heavy (non-hydrogen) atoms.